The number of hydrogen-bond acceptors (Lipinski definition) is 4. The van der Waals surface area contributed by atoms with E-state index in [1.54, 1.807) is 6.07 Å². The van der Waals surface area contributed by atoms with Crippen molar-refractivity contribution >= 4 is 21.7 Å². The monoisotopic (exact) mass is 452 g/mol. The third-order valence-electron chi connectivity index (χ3n) is 6.19. The molecule has 0 aliphatic rings. The van der Waals surface area contributed by atoms with Crippen LogP contribution in [0.4, 0.5) is 0 Å². The Morgan fingerprint density at radius 1 is 0.606 bits per heavy atom. The van der Waals surface area contributed by atoms with Gasteiger partial charge in [-0.15, -0.1) is 0 Å². The van der Waals surface area contributed by atoms with Crippen LogP contribution < -0.4 is 15.1 Å². The predicted octanol–water partition coefficient (Wildman–Crippen LogP) is 8.42. The van der Waals surface area contributed by atoms with Crippen molar-refractivity contribution in [3.05, 3.63) is 46.8 Å². The summed E-state index contributed by atoms with van der Waals surface area (Å²) in [5.74, 6) is 1.47. The Hall–Kier alpha value is -2.49. The molecule has 1 aromatic heterocycles. The van der Waals surface area contributed by atoms with Crippen molar-refractivity contribution in [1.82, 2.24) is 0 Å². The summed E-state index contributed by atoms with van der Waals surface area (Å²) in [6.45, 7) is 5.82. The number of ether oxygens (including phenoxy) is 2. The van der Waals surface area contributed by atoms with Gasteiger partial charge in [0.25, 0.3) is 0 Å². The summed E-state index contributed by atoms with van der Waals surface area (Å²) in [5.41, 5.74) is 0.226. The van der Waals surface area contributed by atoms with Gasteiger partial charge in [-0.2, -0.15) is 0 Å². The molecule has 0 fully saturated rings. The van der Waals surface area contributed by atoms with E-state index in [4.69, 9.17) is 13.9 Å². The lowest BCUT2D eigenvalue weighted by molar-refractivity contribution is 0.304. The highest BCUT2D eigenvalue weighted by atomic mass is 16.5. The molecule has 0 amide bonds. The van der Waals surface area contributed by atoms with Crippen molar-refractivity contribution in [2.24, 2.45) is 0 Å². The first-order valence-electron chi connectivity index (χ1n) is 13.0. The van der Waals surface area contributed by atoms with E-state index in [0.29, 0.717) is 24.2 Å². The number of fused-ring (bicyclic) bond motifs is 3. The maximum absolute atomic E-state index is 12.7. The van der Waals surface area contributed by atoms with Gasteiger partial charge in [-0.25, -0.2) is 4.79 Å². The summed E-state index contributed by atoms with van der Waals surface area (Å²) in [5, 5.41) is 2.36. The van der Waals surface area contributed by atoms with Crippen LogP contribution in [-0.2, 0) is 0 Å². The Balaban J connectivity index is 1.58. The quantitative estimate of drug-likeness (QED) is 0.124. The molecule has 0 aliphatic carbocycles. The molecular weight excluding hydrogens is 412 g/mol. The molecule has 0 saturated carbocycles. The molecule has 0 bridgehead atoms. The van der Waals surface area contributed by atoms with Crippen LogP contribution >= 0.6 is 0 Å². The zero-order valence-electron chi connectivity index (χ0n) is 20.5. The van der Waals surface area contributed by atoms with Crippen molar-refractivity contribution in [2.45, 2.75) is 90.9 Å². The van der Waals surface area contributed by atoms with Crippen molar-refractivity contribution in [1.29, 1.82) is 0 Å². The number of benzene rings is 2. The van der Waals surface area contributed by atoms with Crippen LogP contribution in [0.2, 0.25) is 0 Å². The molecule has 33 heavy (non-hydrogen) atoms. The van der Waals surface area contributed by atoms with Gasteiger partial charge < -0.3 is 13.9 Å². The van der Waals surface area contributed by atoms with E-state index in [0.717, 1.165) is 35.1 Å². The third kappa shape index (κ3) is 7.80. The Labute approximate surface area is 198 Å². The summed E-state index contributed by atoms with van der Waals surface area (Å²) in [7, 11) is 0. The Morgan fingerprint density at radius 3 is 1.73 bits per heavy atom. The zero-order chi connectivity index (χ0) is 23.3. The SMILES string of the molecule is CCCCCCCCOc1ccc2c(c1)oc(=O)c1cc(OCCCCCCCC)ccc12. The van der Waals surface area contributed by atoms with E-state index in [1.807, 2.05) is 30.3 Å². The smallest absolute Gasteiger partial charge is 0.344 e. The Bertz CT molecular complexity index is 1040. The van der Waals surface area contributed by atoms with Crippen molar-refractivity contribution in [3.8, 4) is 11.5 Å². The van der Waals surface area contributed by atoms with Gasteiger partial charge in [0.15, 0.2) is 0 Å². The second-order valence-corrected chi connectivity index (χ2v) is 8.99. The lowest BCUT2D eigenvalue weighted by Gasteiger charge is -2.10. The molecule has 0 aliphatic heterocycles. The average molecular weight is 453 g/mol. The number of rotatable bonds is 16. The minimum absolute atomic E-state index is 0.337. The molecular formula is C29H40O4. The molecule has 4 nitrogen and oxygen atoms in total. The molecule has 2 aromatic carbocycles. The lowest BCUT2D eigenvalue weighted by atomic mass is 10.1. The second-order valence-electron chi connectivity index (χ2n) is 8.99. The van der Waals surface area contributed by atoms with Crippen LogP contribution in [0.15, 0.2) is 45.6 Å². The normalized spacial score (nSPS) is 11.3. The van der Waals surface area contributed by atoms with E-state index in [-0.39, 0.29) is 5.63 Å². The minimum Gasteiger partial charge on any atom is -0.494 e. The maximum atomic E-state index is 12.7. The highest BCUT2D eigenvalue weighted by Crippen LogP contribution is 2.29. The van der Waals surface area contributed by atoms with E-state index in [1.165, 1.54) is 64.2 Å². The fraction of sp³-hybridized carbons (Fsp3) is 0.552. The molecule has 3 rings (SSSR count). The first-order valence-corrected chi connectivity index (χ1v) is 13.0. The van der Waals surface area contributed by atoms with Crippen molar-refractivity contribution < 1.29 is 13.9 Å². The van der Waals surface area contributed by atoms with E-state index in [9.17, 15) is 4.79 Å². The van der Waals surface area contributed by atoms with Crippen LogP contribution in [0.5, 0.6) is 11.5 Å². The number of unbranched alkanes of at least 4 members (excludes halogenated alkanes) is 10. The zero-order valence-corrected chi connectivity index (χ0v) is 20.5. The fourth-order valence-corrected chi connectivity index (χ4v) is 4.22. The van der Waals surface area contributed by atoms with Crippen LogP contribution in [0.3, 0.4) is 0 Å². The molecule has 3 aromatic rings. The first-order chi connectivity index (χ1) is 16.2. The molecule has 0 unspecified atom stereocenters. The topological polar surface area (TPSA) is 48.7 Å². The molecule has 180 valence electrons. The third-order valence-corrected chi connectivity index (χ3v) is 6.19. The molecule has 4 heteroatoms. The largest absolute Gasteiger partial charge is 0.494 e. The van der Waals surface area contributed by atoms with E-state index in [2.05, 4.69) is 13.8 Å². The summed E-state index contributed by atoms with van der Waals surface area (Å²) >= 11 is 0. The Morgan fingerprint density at radius 2 is 1.12 bits per heavy atom. The van der Waals surface area contributed by atoms with Crippen LogP contribution in [0.25, 0.3) is 21.7 Å². The summed E-state index contributed by atoms with van der Waals surface area (Å²) in [4.78, 5) is 12.7. The first kappa shape index (κ1) is 25.1. The van der Waals surface area contributed by atoms with Crippen LogP contribution in [0.1, 0.15) is 90.9 Å². The average Bonchev–Trinajstić information content (AvgIpc) is 2.83. The lowest BCUT2D eigenvalue weighted by Crippen LogP contribution is -2.02. The van der Waals surface area contributed by atoms with Gasteiger partial charge in [-0.3, -0.25) is 0 Å². The van der Waals surface area contributed by atoms with Crippen molar-refractivity contribution in [3.63, 3.8) is 0 Å². The van der Waals surface area contributed by atoms with Gasteiger partial charge >= 0.3 is 5.63 Å². The van der Waals surface area contributed by atoms with Gasteiger partial charge in [0, 0.05) is 16.8 Å². The van der Waals surface area contributed by atoms with Gasteiger partial charge in [0.05, 0.1) is 18.6 Å². The van der Waals surface area contributed by atoms with Gasteiger partial charge in [-0.1, -0.05) is 78.1 Å². The van der Waals surface area contributed by atoms with Gasteiger partial charge in [0.2, 0.25) is 0 Å². The van der Waals surface area contributed by atoms with Crippen molar-refractivity contribution in [2.75, 3.05) is 13.2 Å². The van der Waals surface area contributed by atoms with E-state index >= 15 is 0 Å². The predicted molar refractivity (Wildman–Crippen MR) is 138 cm³/mol. The number of hydrogen-bond donors (Lipinski definition) is 0. The van der Waals surface area contributed by atoms with E-state index < -0.39 is 0 Å². The fourth-order valence-electron chi connectivity index (χ4n) is 4.22. The maximum Gasteiger partial charge on any atom is 0.344 e. The molecule has 1 heterocycles. The summed E-state index contributed by atoms with van der Waals surface area (Å²) in [6, 6.07) is 11.5. The highest BCUT2D eigenvalue weighted by molar-refractivity contribution is 6.04. The molecule has 0 radical (unpaired) electrons. The molecule has 0 saturated heterocycles. The molecule has 0 N–H and O–H groups in total. The Kier molecular flexibility index (Phi) is 10.6. The highest BCUT2D eigenvalue weighted by Gasteiger charge is 2.10. The van der Waals surface area contributed by atoms with Gasteiger partial charge in [-0.05, 0) is 43.2 Å². The minimum atomic E-state index is -0.337. The van der Waals surface area contributed by atoms with Gasteiger partial charge in [0.1, 0.15) is 17.1 Å². The standard InChI is InChI=1S/C29H40O4/c1-3-5-7-9-11-13-19-31-23-15-17-25-26-18-16-24(32-20-14-12-10-8-6-4-2)22-28(26)33-29(30)27(25)21-23/h15-18,21-22H,3-14,19-20H2,1-2H3. The second kappa shape index (κ2) is 13.9. The van der Waals surface area contributed by atoms with Crippen LogP contribution in [-0.4, -0.2) is 13.2 Å². The molecule has 0 spiro atoms. The molecule has 0 atom stereocenters. The summed E-state index contributed by atoms with van der Waals surface area (Å²) in [6.07, 6.45) is 14.7. The van der Waals surface area contributed by atoms with Crippen LogP contribution in [0, 0.1) is 0 Å². The summed E-state index contributed by atoms with van der Waals surface area (Å²) < 4.78 is 17.4.